The normalized spacial score (nSPS) is 14.5. The number of benzene rings is 2. The van der Waals surface area contributed by atoms with Crippen LogP contribution < -0.4 is 4.74 Å². The van der Waals surface area contributed by atoms with Crippen molar-refractivity contribution in [3.63, 3.8) is 0 Å². The van der Waals surface area contributed by atoms with Crippen molar-refractivity contribution in [3.8, 4) is 23.2 Å². The number of carbonyl (C=O) groups is 1. The summed E-state index contributed by atoms with van der Waals surface area (Å²) >= 11 is 1.09. The van der Waals surface area contributed by atoms with E-state index in [1.165, 1.54) is 18.2 Å². The van der Waals surface area contributed by atoms with Gasteiger partial charge in [0.25, 0.3) is 0 Å². The first-order valence-corrected chi connectivity index (χ1v) is 13.6. The molecule has 0 saturated carbocycles. The number of fused-ring (bicyclic) bond motifs is 1. The summed E-state index contributed by atoms with van der Waals surface area (Å²) in [5.41, 5.74) is 2.67. The molecule has 1 atom stereocenters. The van der Waals surface area contributed by atoms with Gasteiger partial charge in [-0.05, 0) is 42.3 Å². The number of nitriles is 1. The summed E-state index contributed by atoms with van der Waals surface area (Å²) in [6.07, 6.45) is 1.13. The summed E-state index contributed by atoms with van der Waals surface area (Å²) in [6.45, 7) is 1.13. The van der Waals surface area contributed by atoms with Crippen molar-refractivity contribution in [2.45, 2.75) is 32.1 Å². The minimum atomic E-state index is -1.01. The number of halogens is 2. The Balaban J connectivity index is 1.21. The molecule has 1 aliphatic rings. The number of nitrogens with zero attached hydrogens (tertiary/aromatic N) is 4. The predicted octanol–water partition coefficient (Wildman–Crippen LogP) is 5.97. The van der Waals surface area contributed by atoms with Crippen molar-refractivity contribution >= 4 is 27.7 Å². The molecule has 2 aromatic carbocycles. The number of hydrogen-bond donors (Lipinski definition) is 1. The summed E-state index contributed by atoms with van der Waals surface area (Å²) in [6, 6.07) is 17.6. The second-order valence-electron chi connectivity index (χ2n) is 9.58. The van der Waals surface area contributed by atoms with Gasteiger partial charge in [-0.3, -0.25) is 0 Å². The number of carboxylic acid groups (broad SMARTS) is 1. The maximum absolute atomic E-state index is 15.4. The SMILES string of the molecule is N#Cc1ccc(COc2cccc(-c3ccc(Cc4nc5sc(C(=O)O)cc5n4C[C@@H]4CCO4)c(F)c3)n2)c(F)c1. The highest BCUT2D eigenvalue weighted by atomic mass is 32.1. The maximum Gasteiger partial charge on any atom is 0.346 e. The standard InChI is InChI=1S/C30H22F2N4O4S/c31-22-10-17(14-33)4-5-20(22)16-40-28-3-1-2-24(34-28)19-7-6-18(23(32)11-19)12-27-35-29-25(13-26(41-29)30(37)38)36(27)15-21-8-9-39-21/h1-7,10-11,13,21H,8-9,12,15-16H2,(H,37,38)/t21-/m0/s1. The van der Waals surface area contributed by atoms with E-state index in [0.717, 1.165) is 23.8 Å². The number of ether oxygens (including phenoxy) is 2. The first-order valence-electron chi connectivity index (χ1n) is 12.8. The number of thiophene rings is 1. The highest BCUT2D eigenvalue weighted by molar-refractivity contribution is 7.20. The van der Waals surface area contributed by atoms with E-state index in [9.17, 15) is 14.3 Å². The molecule has 8 nitrogen and oxygen atoms in total. The van der Waals surface area contributed by atoms with E-state index in [1.807, 2.05) is 10.6 Å². The molecule has 1 N–H and O–H groups in total. The van der Waals surface area contributed by atoms with Gasteiger partial charge in [0, 0.05) is 30.2 Å². The van der Waals surface area contributed by atoms with Gasteiger partial charge >= 0.3 is 5.97 Å². The molecule has 1 aliphatic heterocycles. The molecule has 0 radical (unpaired) electrons. The van der Waals surface area contributed by atoms with Crippen LogP contribution in [0.1, 0.15) is 38.6 Å². The lowest BCUT2D eigenvalue weighted by atomic mass is 10.1. The van der Waals surface area contributed by atoms with Crippen LogP contribution in [0.3, 0.4) is 0 Å². The first-order chi connectivity index (χ1) is 19.9. The van der Waals surface area contributed by atoms with Gasteiger partial charge in [-0.25, -0.2) is 23.5 Å². The molecule has 0 bridgehead atoms. The van der Waals surface area contributed by atoms with Gasteiger partial charge in [0.05, 0.1) is 35.5 Å². The zero-order chi connectivity index (χ0) is 28.5. The summed E-state index contributed by atoms with van der Waals surface area (Å²) in [5, 5.41) is 18.3. The van der Waals surface area contributed by atoms with Gasteiger partial charge in [-0.2, -0.15) is 5.26 Å². The molecule has 206 valence electrons. The van der Waals surface area contributed by atoms with Gasteiger partial charge < -0.3 is 19.1 Å². The molecule has 1 fully saturated rings. The fourth-order valence-corrected chi connectivity index (χ4v) is 5.49. The summed E-state index contributed by atoms with van der Waals surface area (Å²) in [4.78, 5) is 21.3. The van der Waals surface area contributed by atoms with Crippen molar-refractivity contribution in [1.82, 2.24) is 14.5 Å². The molecule has 3 aromatic heterocycles. The van der Waals surface area contributed by atoms with Gasteiger partial charge in [0.1, 0.15) is 33.8 Å². The molecule has 1 saturated heterocycles. The van der Waals surface area contributed by atoms with Crippen LogP contribution in [0.15, 0.2) is 60.7 Å². The number of pyridine rings is 1. The Hall–Kier alpha value is -4.66. The fraction of sp³-hybridized carbons (Fsp3) is 0.200. The highest BCUT2D eigenvalue weighted by Gasteiger charge is 2.24. The van der Waals surface area contributed by atoms with Crippen LogP contribution in [0.25, 0.3) is 21.6 Å². The summed E-state index contributed by atoms with van der Waals surface area (Å²) < 4.78 is 42.7. The van der Waals surface area contributed by atoms with Crippen molar-refractivity contribution in [2.75, 3.05) is 6.61 Å². The van der Waals surface area contributed by atoms with E-state index < -0.39 is 17.6 Å². The Labute approximate surface area is 237 Å². The van der Waals surface area contributed by atoms with Gasteiger partial charge in [-0.15, -0.1) is 11.3 Å². The predicted molar refractivity (Wildman–Crippen MR) is 147 cm³/mol. The smallest absolute Gasteiger partial charge is 0.346 e. The van der Waals surface area contributed by atoms with Crippen molar-refractivity contribution < 1.29 is 28.2 Å². The molecule has 11 heteroatoms. The molecule has 41 heavy (non-hydrogen) atoms. The number of hydrogen-bond acceptors (Lipinski definition) is 7. The van der Waals surface area contributed by atoms with E-state index in [2.05, 4.69) is 9.97 Å². The number of aromatic carboxylic acids is 1. The van der Waals surface area contributed by atoms with Crippen LogP contribution in [-0.4, -0.2) is 38.3 Å². The van der Waals surface area contributed by atoms with Gasteiger partial charge in [0.15, 0.2) is 0 Å². The Kier molecular flexibility index (Phi) is 7.17. The molecule has 4 heterocycles. The largest absolute Gasteiger partial charge is 0.477 e. The van der Waals surface area contributed by atoms with Crippen LogP contribution in [0.4, 0.5) is 8.78 Å². The van der Waals surface area contributed by atoms with Crippen LogP contribution in [0, 0.1) is 23.0 Å². The Morgan fingerprint density at radius 3 is 2.63 bits per heavy atom. The molecular weight excluding hydrogens is 550 g/mol. The quantitative estimate of drug-likeness (QED) is 0.232. The Bertz CT molecular complexity index is 1820. The van der Waals surface area contributed by atoms with Crippen LogP contribution in [0.5, 0.6) is 5.88 Å². The lowest BCUT2D eigenvalue weighted by molar-refractivity contribution is -0.0589. The second-order valence-corrected chi connectivity index (χ2v) is 10.6. The van der Waals surface area contributed by atoms with Crippen molar-refractivity contribution in [3.05, 3.63) is 99.7 Å². The topological polar surface area (TPSA) is 110 Å². The van der Waals surface area contributed by atoms with Crippen LogP contribution >= 0.6 is 11.3 Å². The number of imidazole rings is 1. The third-order valence-electron chi connectivity index (χ3n) is 6.90. The van der Waals surface area contributed by atoms with E-state index in [4.69, 9.17) is 14.7 Å². The maximum atomic E-state index is 15.4. The summed E-state index contributed by atoms with van der Waals surface area (Å²) in [5.74, 6) is -1.10. The Morgan fingerprint density at radius 1 is 1.12 bits per heavy atom. The third kappa shape index (κ3) is 5.52. The molecule has 5 aromatic rings. The average molecular weight is 573 g/mol. The Morgan fingerprint density at radius 2 is 1.93 bits per heavy atom. The zero-order valence-corrected chi connectivity index (χ0v) is 22.3. The molecule has 0 aliphatic carbocycles. The van der Waals surface area contributed by atoms with E-state index in [1.54, 1.807) is 36.4 Å². The second kappa shape index (κ2) is 11.1. The van der Waals surface area contributed by atoms with Gasteiger partial charge in [0.2, 0.25) is 5.88 Å². The van der Waals surface area contributed by atoms with Crippen LogP contribution in [-0.2, 0) is 24.3 Å². The zero-order valence-electron chi connectivity index (χ0n) is 21.5. The first kappa shape index (κ1) is 26.6. The highest BCUT2D eigenvalue weighted by Crippen LogP contribution is 2.30. The minimum absolute atomic E-state index is 0.0144. The van der Waals surface area contributed by atoms with Crippen molar-refractivity contribution in [1.29, 1.82) is 5.26 Å². The molecular formula is C30H22F2N4O4S. The van der Waals surface area contributed by atoms with E-state index in [0.29, 0.717) is 46.1 Å². The monoisotopic (exact) mass is 572 g/mol. The third-order valence-corrected chi connectivity index (χ3v) is 7.90. The lowest BCUT2D eigenvalue weighted by Gasteiger charge is -2.27. The van der Waals surface area contributed by atoms with Crippen molar-refractivity contribution in [2.24, 2.45) is 0 Å². The van der Waals surface area contributed by atoms with Gasteiger partial charge in [-0.1, -0.05) is 24.3 Å². The average Bonchev–Trinajstić information content (AvgIpc) is 3.49. The van der Waals surface area contributed by atoms with E-state index in [-0.39, 0.29) is 41.0 Å². The molecule has 6 rings (SSSR count). The molecule has 0 amide bonds. The number of carboxylic acids is 1. The number of aromatic nitrogens is 3. The molecule has 0 unspecified atom stereocenters. The fourth-order valence-electron chi connectivity index (χ4n) is 4.60. The molecule has 0 spiro atoms. The lowest BCUT2D eigenvalue weighted by Crippen LogP contribution is -2.31. The number of rotatable bonds is 9. The minimum Gasteiger partial charge on any atom is -0.477 e. The van der Waals surface area contributed by atoms with Crippen LogP contribution in [0.2, 0.25) is 0 Å². The van der Waals surface area contributed by atoms with E-state index >= 15 is 4.39 Å². The summed E-state index contributed by atoms with van der Waals surface area (Å²) in [7, 11) is 0.